The van der Waals surface area contributed by atoms with Crippen molar-refractivity contribution in [2.45, 2.75) is 155 Å². The minimum atomic E-state index is -1.95. The highest BCUT2D eigenvalue weighted by atomic mass is 28.4. The van der Waals surface area contributed by atoms with Gasteiger partial charge in [0.2, 0.25) is 0 Å². The smallest absolute Gasteiger partial charge is 0.193 e. The fraction of sp³-hybridized carbons (Fsp3) is 0.906. The van der Waals surface area contributed by atoms with Gasteiger partial charge in [-0.15, -0.1) is 0 Å². The van der Waals surface area contributed by atoms with Crippen LogP contribution < -0.4 is 0 Å². The molecule has 3 rings (SSSR count). The lowest BCUT2D eigenvalue weighted by atomic mass is 9.52. The molecule has 0 spiro atoms. The van der Waals surface area contributed by atoms with E-state index in [0.717, 1.165) is 31.6 Å². The minimum Gasteiger partial charge on any atom is -0.413 e. The molecule has 0 bridgehead atoms. The summed E-state index contributed by atoms with van der Waals surface area (Å²) in [6, 6.07) is 0. The van der Waals surface area contributed by atoms with Crippen LogP contribution in [0.4, 0.5) is 0 Å². The van der Waals surface area contributed by atoms with Gasteiger partial charge in [-0.05, 0) is 73.8 Å². The Labute approximate surface area is 231 Å². The van der Waals surface area contributed by atoms with Gasteiger partial charge in [-0.3, -0.25) is 4.79 Å². The van der Waals surface area contributed by atoms with Crippen molar-refractivity contribution in [2.75, 3.05) is 0 Å². The van der Waals surface area contributed by atoms with Crippen LogP contribution in [-0.4, -0.2) is 34.6 Å². The Kier molecular flexibility index (Phi) is 9.75. The van der Waals surface area contributed by atoms with Crippen molar-refractivity contribution in [3.63, 3.8) is 0 Å². The van der Waals surface area contributed by atoms with E-state index in [1.165, 1.54) is 32.1 Å². The van der Waals surface area contributed by atoms with Gasteiger partial charge < -0.3 is 8.85 Å². The van der Waals surface area contributed by atoms with Gasteiger partial charge in [0, 0.05) is 17.8 Å². The summed E-state index contributed by atoms with van der Waals surface area (Å²) >= 11 is 0. The van der Waals surface area contributed by atoms with E-state index in [4.69, 9.17) is 8.85 Å². The van der Waals surface area contributed by atoms with Crippen LogP contribution in [-0.2, 0) is 13.6 Å². The van der Waals surface area contributed by atoms with E-state index >= 15 is 0 Å². The topological polar surface area (TPSA) is 35.5 Å². The Hall–Kier alpha value is -0.416. The number of hydrogen-bond acceptors (Lipinski definition) is 3. The summed E-state index contributed by atoms with van der Waals surface area (Å²) in [4.78, 5) is 12.9. The first-order valence-electron chi connectivity index (χ1n) is 15.4. The molecular weight excluding hydrogens is 489 g/mol. The quantitative estimate of drug-likeness (QED) is 0.236. The summed E-state index contributed by atoms with van der Waals surface area (Å²) in [7, 11) is -3.89. The second-order valence-electron chi connectivity index (χ2n) is 15.5. The number of carbonyl (C=O) groups is 1. The molecule has 0 aliphatic heterocycles. The maximum absolute atomic E-state index is 12.9. The number of carbonyl (C=O) groups excluding carboxylic acids is 1. The standard InChI is InChI=1S/C32H58O3Si2/c1-12-25-29-26(28(21-20-27(29)30(25)33)35-37(10,11)32(5,6)7)19-18-24(22-23-16-14-13-15-17-23)34-36(8,9)31(2,3)4/h23-29H,12-17,20-22H2,1-11H3/t24-,25?,26-,27-,28+,29+/m1/s1. The van der Waals surface area contributed by atoms with Crippen molar-refractivity contribution in [2.24, 2.45) is 29.6 Å². The van der Waals surface area contributed by atoms with Crippen LogP contribution in [0.3, 0.4) is 0 Å². The molecule has 0 amide bonds. The molecule has 6 atom stereocenters. The Balaban J connectivity index is 1.92. The molecule has 0 aromatic heterocycles. The van der Waals surface area contributed by atoms with Crippen molar-refractivity contribution < 1.29 is 13.6 Å². The molecule has 0 aromatic rings. The zero-order valence-corrected chi connectivity index (χ0v) is 28.1. The van der Waals surface area contributed by atoms with E-state index in [2.05, 4.69) is 86.5 Å². The van der Waals surface area contributed by atoms with E-state index in [9.17, 15) is 4.79 Å². The molecule has 3 nitrogen and oxygen atoms in total. The molecule has 37 heavy (non-hydrogen) atoms. The molecule has 3 saturated carbocycles. The first-order chi connectivity index (χ1) is 17.0. The zero-order valence-electron chi connectivity index (χ0n) is 26.1. The zero-order chi connectivity index (χ0) is 27.8. The van der Waals surface area contributed by atoms with Crippen LogP contribution in [0.5, 0.6) is 0 Å². The first-order valence-corrected chi connectivity index (χ1v) is 21.2. The molecular formula is C32H58O3Si2. The van der Waals surface area contributed by atoms with E-state index < -0.39 is 16.6 Å². The summed E-state index contributed by atoms with van der Waals surface area (Å²) < 4.78 is 14.1. The van der Waals surface area contributed by atoms with Gasteiger partial charge in [0.15, 0.2) is 16.6 Å². The maximum Gasteiger partial charge on any atom is 0.193 e. The molecule has 212 valence electrons. The highest BCUT2D eigenvalue weighted by Crippen LogP contribution is 2.53. The predicted octanol–water partition coefficient (Wildman–Crippen LogP) is 8.99. The van der Waals surface area contributed by atoms with Gasteiger partial charge in [-0.1, -0.05) is 92.4 Å². The highest BCUT2D eigenvalue weighted by Gasteiger charge is 2.57. The first kappa shape index (κ1) is 31.1. The van der Waals surface area contributed by atoms with Crippen molar-refractivity contribution >= 4 is 22.4 Å². The molecule has 3 aliphatic carbocycles. The third-order valence-corrected chi connectivity index (χ3v) is 19.8. The van der Waals surface area contributed by atoms with Gasteiger partial charge in [0.25, 0.3) is 0 Å². The van der Waals surface area contributed by atoms with Crippen molar-refractivity contribution in [3.8, 4) is 11.8 Å². The third-order valence-electron chi connectivity index (χ3n) is 10.9. The molecule has 0 aromatic carbocycles. The number of fused-ring (bicyclic) bond motifs is 1. The lowest BCUT2D eigenvalue weighted by Gasteiger charge is -2.53. The van der Waals surface area contributed by atoms with E-state index in [1.807, 2.05) is 0 Å². The lowest BCUT2D eigenvalue weighted by molar-refractivity contribution is -0.153. The average Bonchev–Trinajstić information content (AvgIpc) is 2.77. The summed E-state index contributed by atoms with van der Waals surface area (Å²) in [5, 5.41) is 0.327. The van der Waals surface area contributed by atoms with E-state index in [0.29, 0.717) is 11.7 Å². The van der Waals surface area contributed by atoms with E-state index in [1.54, 1.807) is 0 Å². The summed E-state index contributed by atoms with van der Waals surface area (Å²) in [5.41, 5.74) is 0. The molecule has 0 heterocycles. The second-order valence-corrected chi connectivity index (χ2v) is 25.0. The second kappa shape index (κ2) is 11.6. The van der Waals surface area contributed by atoms with Crippen molar-refractivity contribution in [1.29, 1.82) is 0 Å². The Morgan fingerprint density at radius 2 is 1.49 bits per heavy atom. The molecule has 3 aliphatic rings. The summed E-state index contributed by atoms with van der Waals surface area (Å²) in [5.74, 6) is 9.64. The number of Topliss-reactive ketones (excluding diaryl/α,β-unsaturated/α-hetero) is 1. The van der Waals surface area contributed by atoms with Crippen LogP contribution in [0.15, 0.2) is 0 Å². The van der Waals surface area contributed by atoms with E-state index in [-0.39, 0.29) is 40.0 Å². The van der Waals surface area contributed by atoms with Crippen LogP contribution in [0.25, 0.3) is 0 Å². The number of rotatable bonds is 7. The Morgan fingerprint density at radius 3 is 2.03 bits per heavy atom. The van der Waals surface area contributed by atoms with Crippen LogP contribution in [0.1, 0.15) is 106 Å². The van der Waals surface area contributed by atoms with Crippen LogP contribution >= 0.6 is 0 Å². The number of ketones is 1. The Bertz CT molecular complexity index is 840. The number of hydrogen-bond donors (Lipinski definition) is 0. The normalized spacial score (nSPS) is 30.7. The summed E-state index contributed by atoms with van der Waals surface area (Å²) in [6.07, 6.45) is 10.8. The van der Waals surface area contributed by atoms with Gasteiger partial charge in [0.05, 0.1) is 6.10 Å². The highest BCUT2D eigenvalue weighted by molar-refractivity contribution is 6.74. The molecule has 0 saturated heterocycles. The Morgan fingerprint density at radius 1 is 0.892 bits per heavy atom. The monoisotopic (exact) mass is 546 g/mol. The molecule has 3 fully saturated rings. The van der Waals surface area contributed by atoms with Gasteiger partial charge in [0.1, 0.15) is 11.9 Å². The fourth-order valence-corrected chi connectivity index (χ4v) is 8.95. The van der Waals surface area contributed by atoms with Gasteiger partial charge in [-0.25, -0.2) is 0 Å². The maximum atomic E-state index is 12.9. The molecule has 1 unspecified atom stereocenters. The molecule has 0 radical (unpaired) electrons. The van der Waals surface area contributed by atoms with Crippen LogP contribution in [0.2, 0.25) is 36.3 Å². The van der Waals surface area contributed by atoms with Gasteiger partial charge in [-0.2, -0.15) is 0 Å². The average molecular weight is 547 g/mol. The SMILES string of the molecule is CCC1C(=O)[C@@H]2CC[C@H](O[Si](C)(C)C(C)(C)C)[C@@H](C#C[C@H](CC3CCCCC3)O[Si](C)(C)C(C)(C)C)[C@H]12. The molecule has 5 heteroatoms. The summed E-state index contributed by atoms with van der Waals surface area (Å²) in [6.45, 7) is 25.6. The van der Waals surface area contributed by atoms with Crippen molar-refractivity contribution in [3.05, 3.63) is 0 Å². The van der Waals surface area contributed by atoms with Gasteiger partial charge >= 0.3 is 0 Å². The minimum absolute atomic E-state index is 0.00579. The third kappa shape index (κ3) is 7.03. The predicted molar refractivity (Wildman–Crippen MR) is 162 cm³/mol. The largest absolute Gasteiger partial charge is 0.413 e. The molecule has 0 N–H and O–H groups in total. The van der Waals surface area contributed by atoms with Crippen molar-refractivity contribution in [1.82, 2.24) is 0 Å². The fourth-order valence-electron chi connectivity index (χ4n) is 6.36. The lowest BCUT2D eigenvalue weighted by Crippen LogP contribution is -2.58. The van der Waals surface area contributed by atoms with Crippen LogP contribution in [0, 0.1) is 41.4 Å².